The van der Waals surface area contributed by atoms with Crippen LogP contribution in [0.4, 0.5) is 0 Å². The molecule has 0 N–H and O–H groups in total. The minimum absolute atomic E-state index is 0. The minimum Gasteiger partial charge on any atom is -0.127 e. The van der Waals surface area contributed by atoms with E-state index in [9.17, 15) is 0 Å². The molecule has 0 nitrogen and oxygen atoms in total. The summed E-state index contributed by atoms with van der Waals surface area (Å²) >= 11 is 5.19. The summed E-state index contributed by atoms with van der Waals surface area (Å²) in [6, 6.07) is 0. The van der Waals surface area contributed by atoms with Gasteiger partial charge in [-0.1, -0.05) is 6.92 Å². The first-order valence-corrected chi connectivity index (χ1v) is 2.01. The summed E-state index contributed by atoms with van der Waals surface area (Å²) < 4.78 is 0. The molecule has 0 atom stereocenters. The van der Waals surface area contributed by atoms with Crippen LogP contribution in [0, 0.1) is 0 Å². The summed E-state index contributed by atoms with van der Waals surface area (Å²) in [6.45, 7) is 2.05. The Labute approximate surface area is 48.4 Å². The van der Waals surface area contributed by atoms with Crippen LogP contribution in [0.25, 0.3) is 0 Å². The average Bonchev–Trinajstić information content (AvgIpc) is 1.37. The van der Waals surface area contributed by atoms with Crippen LogP contribution in [0.2, 0.25) is 0 Å². The zero-order chi connectivity index (χ0) is 3.41. The number of rotatable bonds is 1. The molecule has 0 saturated heterocycles. The van der Waals surface area contributed by atoms with Crippen LogP contribution >= 0.6 is 11.6 Å². The number of halogens is 1. The molecule has 0 amide bonds. The molecular weight excluding hydrogens is 135 g/mol. The second-order valence-electron chi connectivity index (χ2n) is 0.689. The molecule has 0 rings (SSSR count). The van der Waals surface area contributed by atoms with E-state index >= 15 is 0 Å². The molecule has 0 bridgehead atoms. The zero-order valence-electron chi connectivity index (χ0n) is 3.09. The Hall–Kier alpha value is 0.809. The quantitative estimate of drug-likeness (QED) is 0.385. The standard InChI is InChI=1S/C3H7Cl.Cu/c1-2-3-4;/h2-3H2,1H3;. The Balaban J connectivity index is 0. The van der Waals surface area contributed by atoms with Gasteiger partial charge in [-0.05, 0) is 6.42 Å². The van der Waals surface area contributed by atoms with Crippen LogP contribution in [0.1, 0.15) is 13.3 Å². The average molecular weight is 142 g/mol. The molecular formula is C3H7ClCu. The first-order valence-electron chi connectivity index (χ1n) is 1.47. The molecule has 0 aliphatic carbocycles. The van der Waals surface area contributed by atoms with Crippen molar-refractivity contribution in [3.63, 3.8) is 0 Å². The fourth-order valence-corrected chi connectivity index (χ4v) is 0. The molecule has 0 aliphatic heterocycles. The molecule has 0 aromatic heterocycles. The fourth-order valence-electron chi connectivity index (χ4n) is 0. The SMILES string of the molecule is CCCCl.[Cu]. The van der Waals surface area contributed by atoms with Gasteiger partial charge in [0.25, 0.3) is 0 Å². The second-order valence-corrected chi connectivity index (χ2v) is 1.07. The topological polar surface area (TPSA) is 0 Å². The third kappa shape index (κ3) is 11.6. The molecule has 5 heavy (non-hydrogen) atoms. The predicted octanol–water partition coefficient (Wildman–Crippen LogP) is 1.63. The van der Waals surface area contributed by atoms with E-state index in [4.69, 9.17) is 11.6 Å². The molecule has 0 aromatic rings. The molecule has 1 radical (unpaired) electrons. The molecule has 0 aromatic carbocycles. The van der Waals surface area contributed by atoms with Crippen molar-refractivity contribution in [1.29, 1.82) is 0 Å². The van der Waals surface area contributed by atoms with Crippen LogP contribution in [-0.4, -0.2) is 5.88 Å². The van der Waals surface area contributed by atoms with Gasteiger partial charge in [0.1, 0.15) is 0 Å². The monoisotopic (exact) mass is 141 g/mol. The summed E-state index contributed by atoms with van der Waals surface area (Å²) in [7, 11) is 0. The first kappa shape index (κ1) is 9.26. The van der Waals surface area contributed by atoms with Crippen LogP contribution in [0.15, 0.2) is 0 Å². The molecule has 0 aliphatic rings. The largest absolute Gasteiger partial charge is 0.127 e. The maximum Gasteiger partial charge on any atom is 0.0220 e. The van der Waals surface area contributed by atoms with E-state index in [2.05, 4.69) is 0 Å². The van der Waals surface area contributed by atoms with Gasteiger partial charge in [-0.2, -0.15) is 0 Å². The second kappa shape index (κ2) is 8.84. The van der Waals surface area contributed by atoms with Crippen molar-refractivity contribution in [2.24, 2.45) is 0 Å². The zero-order valence-corrected chi connectivity index (χ0v) is 4.79. The summed E-state index contributed by atoms with van der Waals surface area (Å²) in [5, 5.41) is 0. The Morgan fingerprint density at radius 1 is 1.60 bits per heavy atom. The molecule has 2 heteroatoms. The Morgan fingerprint density at radius 2 is 1.80 bits per heavy atom. The summed E-state index contributed by atoms with van der Waals surface area (Å²) in [6.07, 6.45) is 1.08. The van der Waals surface area contributed by atoms with Gasteiger partial charge in [0.05, 0.1) is 0 Å². The molecule has 0 unspecified atom stereocenters. The Morgan fingerprint density at radius 3 is 1.80 bits per heavy atom. The van der Waals surface area contributed by atoms with Gasteiger partial charge in [-0.15, -0.1) is 11.6 Å². The van der Waals surface area contributed by atoms with Crippen molar-refractivity contribution in [2.45, 2.75) is 13.3 Å². The number of hydrogen-bond acceptors (Lipinski definition) is 0. The van der Waals surface area contributed by atoms with Crippen molar-refractivity contribution in [2.75, 3.05) is 5.88 Å². The van der Waals surface area contributed by atoms with E-state index in [0.29, 0.717) is 0 Å². The van der Waals surface area contributed by atoms with Gasteiger partial charge in [-0.3, -0.25) is 0 Å². The third-order valence-corrected chi connectivity index (χ3v) is 0.567. The molecule has 0 saturated carbocycles. The maximum absolute atomic E-state index is 5.19. The van der Waals surface area contributed by atoms with Gasteiger partial charge >= 0.3 is 0 Å². The molecule has 37 valence electrons. The van der Waals surface area contributed by atoms with Gasteiger partial charge < -0.3 is 0 Å². The van der Waals surface area contributed by atoms with Crippen molar-refractivity contribution < 1.29 is 17.1 Å². The smallest absolute Gasteiger partial charge is 0.0220 e. The van der Waals surface area contributed by atoms with Crippen LogP contribution in [0.5, 0.6) is 0 Å². The van der Waals surface area contributed by atoms with Crippen molar-refractivity contribution in [1.82, 2.24) is 0 Å². The van der Waals surface area contributed by atoms with Crippen LogP contribution < -0.4 is 0 Å². The van der Waals surface area contributed by atoms with Crippen molar-refractivity contribution in [3.8, 4) is 0 Å². The number of hydrogen-bond donors (Lipinski definition) is 0. The summed E-state index contributed by atoms with van der Waals surface area (Å²) in [5.74, 6) is 0.792. The van der Waals surface area contributed by atoms with Gasteiger partial charge in [0.15, 0.2) is 0 Å². The molecule has 0 heterocycles. The molecule has 0 fully saturated rings. The van der Waals surface area contributed by atoms with Crippen molar-refractivity contribution >= 4 is 11.6 Å². The fraction of sp³-hybridized carbons (Fsp3) is 1.00. The van der Waals surface area contributed by atoms with E-state index in [0.717, 1.165) is 12.3 Å². The van der Waals surface area contributed by atoms with Crippen LogP contribution in [-0.2, 0) is 17.1 Å². The van der Waals surface area contributed by atoms with E-state index < -0.39 is 0 Å². The third-order valence-electron chi connectivity index (χ3n) is 0.189. The Kier molecular flexibility index (Phi) is 16.4. The van der Waals surface area contributed by atoms with Gasteiger partial charge in [0.2, 0.25) is 0 Å². The number of alkyl halides is 1. The minimum atomic E-state index is 0. The van der Waals surface area contributed by atoms with E-state index in [1.165, 1.54) is 0 Å². The van der Waals surface area contributed by atoms with E-state index in [-0.39, 0.29) is 17.1 Å². The Bertz CT molecular complexity index is 8.85. The first-order chi connectivity index (χ1) is 1.91. The van der Waals surface area contributed by atoms with E-state index in [1.54, 1.807) is 0 Å². The molecule has 0 spiro atoms. The van der Waals surface area contributed by atoms with Gasteiger partial charge in [0, 0.05) is 22.9 Å². The van der Waals surface area contributed by atoms with Crippen molar-refractivity contribution in [3.05, 3.63) is 0 Å². The van der Waals surface area contributed by atoms with E-state index in [1.807, 2.05) is 6.92 Å². The summed E-state index contributed by atoms with van der Waals surface area (Å²) in [5.41, 5.74) is 0. The van der Waals surface area contributed by atoms with Crippen LogP contribution in [0.3, 0.4) is 0 Å². The predicted molar refractivity (Wildman–Crippen MR) is 21.0 cm³/mol. The normalized spacial score (nSPS) is 6.00. The maximum atomic E-state index is 5.19. The van der Waals surface area contributed by atoms with Gasteiger partial charge in [-0.25, -0.2) is 0 Å². The summed E-state index contributed by atoms with van der Waals surface area (Å²) in [4.78, 5) is 0.